The van der Waals surface area contributed by atoms with Crippen LogP contribution in [0.25, 0.3) is 5.57 Å². The Kier molecular flexibility index (Phi) is 2.60. The molecule has 5 nitrogen and oxygen atoms in total. The monoisotopic (exact) mass is 273 g/mol. The Morgan fingerprint density at radius 2 is 2.21 bits per heavy atom. The van der Waals surface area contributed by atoms with E-state index in [1.54, 1.807) is 0 Å². The van der Waals surface area contributed by atoms with Crippen LogP contribution in [0.2, 0.25) is 0 Å². The zero-order chi connectivity index (χ0) is 13.6. The number of nitrogens with zero attached hydrogens (tertiary/aromatic N) is 2. The summed E-state index contributed by atoms with van der Waals surface area (Å²) in [5.74, 6) is -0.571. The van der Waals surface area contributed by atoms with Crippen molar-refractivity contribution in [3.8, 4) is 5.88 Å². The first-order valence-corrected chi connectivity index (χ1v) is 6.63. The van der Waals surface area contributed by atoms with E-state index in [1.165, 1.54) is 0 Å². The van der Waals surface area contributed by atoms with E-state index >= 15 is 0 Å². The lowest BCUT2D eigenvalue weighted by Gasteiger charge is -1.97. The van der Waals surface area contributed by atoms with Crippen LogP contribution in [0.4, 0.5) is 5.13 Å². The van der Waals surface area contributed by atoms with Crippen LogP contribution in [-0.4, -0.2) is 16.0 Å². The molecule has 0 aliphatic carbocycles. The van der Waals surface area contributed by atoms with Crippen molar-refractivity contribution in [1.82, 2.24) is 4.98 Å². The molecular formula is C13H11N3O2S. The smallest absolute Gasteiger partial charge is 0.279 e. The first-order chi connectivity index (χ1) is 9.10. The number of anilines is 1. The number of amides is 1. The minimum Gasteiger partial charge on any atom is -0.492 e. The average Bonchev–Trinajstić information content (AvgIpc) is 2.86. The maximum absolute atomic E-state index is 12.0. The van der Waals surface area contributed by atoms with Crippen LogP contribution in [-0.2, 0) is 11.2 Å². The quantitative estimate of drug-likeness (QED) is 0.826. The van der Waals surface area contributed by atoms with Gasteiger partial charge < -0.3 is 10.8 Å². The number of hydrogen-bond donors (Lipinski definition) is 2. The van der Waals surface area contributed by atoms with Gasteiger partial charge in [0.05, 0.1) is 10.9 Å². The number of thiazole rings is 1. The predicted octanol–water partition coefficient (Wildman–Crippen LogP) is 0.352. The molecule has 0 spiro atoms. The van der Waals surface area contributed by atoms with Crippen molar-refractivity contribution < 1.29 is 9.90 Å². The second-order valence-corrected chi connectivity index (χ2v) is 5.23. The van der Waals surface area contributed by atoms with E-state index in [0.717, 1.165) is 28.5 Å². The number of nitrogens with two attached hydrogens (primary N) is 1. The summed E-state index contributed by atoms with van der Waals surface area (Å²) in [7, 11) is 0. The van der Waals surface area contributed by atoms with Gasteiger partial charge >= 0.3 is 0 Å². The molecule has 0 atom stereocenters. The number of carbonyl (C=O) groups excluding carboxylic acids is 1. The average molecular weight is 273 g/mol. The summed E-state index contributed by atoms with van der Waals surface area (Å²) < 4.78 is 0. The fourth-order valence-electron chi connectivity index (χ4n) is 2.09. The minimum absolute atomic E-state index is 0.212. The van der Waals surface area contributed by atoms with Gasteiger partial charge in [0.1, 0.15) is 4.88 Å². The number of hydrogen-bond acceptors (Lipinski definition) is 5. The number of aromatic nitrogens is 1. The summed E-state index contributed by atoms with van der Waals surface area (Å²) in [6.45, 7) is 2.04. The van der Waals surface area contributed by atoms with Gasteiger partial charge in [0.25, 0.3) is 5.91 Å². The zero-order valence-electron chi connectivity index (χ0n) is 10.2. The van der Waals surface area contributed by atoms with Crippen LogP contribution in [0.1, 0.15) is 17.4 Å². The van der Waals surface area contributed by atoms with E-state index in [-0.39, 0.29) is 16.9 Å². The van der Waals surface area contributed by atoms with Gasteiger partial charge in [-0.15, -0.1) is 0 Å². The third-order valence-corrected chi connectivity index (χ3v) is 3.92. The van der Waals surface area contributed by atoms with Crippen molar-refractivity contribution in [1.29, 1.82) is 0 Å². The Morgan fingerprint density at radius 1 is 1.42 bits per heavy atom. The number of aromatic hydroxyl groups is 1. The summed E-state index contributed by atoms with van der Waals surface area (Å²) in [6, 6.07) is 5.69. The standard InChI is InChI=1S/C13H11N3O2S/c1-2-6-3-4-8-7(5-6)9(11(17)15-8)10-12(18)16-13(14)19-10/h3-5,18H,2H2,1H3,(H2,14,16). The summed E-state index contributed by atoms with van der Waals surface area (Å²) in [5, 5.41) is 11.4. The van der Waals surface area contributed by atoms with Crippen LogP contribution in [0.15, 0.2) is 23.2 Å². The number of nitrogen functional groups attached to an aromatic ring is 1. The third-order valence-electron chi connectivity index (χ3n) is 3.03. The van der Waals surface area contributed by atoms with Crippen LogP contribution >= 0.6 is 11.3 Å². The molecule has 0 fully saturated rings. The Hall–Kier alpha value is -2.21. The predicted molar refractivity (Wildman–Crippen MR) is 72.3 cm³/mol. The molecule has 0 bridgehead atoms. The Labute approximate surface area is 112 Å². The molecule has 0 saturated heterocycles. The summed E-state index contributed by atoms with van der Waals surface area (Å²) in [4.78, 5) is 20.1. The van der Waals surface area contributed by atoms with E-state index in [9.17, 15) is 9.90 Å². The molecule has 1 aromatic carbocycles. The van der Waals surface area contributed by atoms with Gasteiger partial charge in [-0.1, -0.05) is 24.3 Å². The van der Waals surface area contributed by atoms with Crippen molar-refractivity contribution in [2.75, 3.05) is 5.73 Å². The molecule has 3 N–H and O–H groups in total. The second-order valence-electron chi connectivity index (χ2n) is 4.20. The van der Waals surface area contributed by atoms with Gasteiger partial charge in [-0.3, -0.25) is 4.79 Å². The maximum Gasteiger partial charge on any atom is 0.279 e. The molecule has 1 aromatic heterocycles. The Balaban J connectivity index is 2.37. The molecule has 96 valence electrons. The number of fused-ring (bicyclic) bond motifs is 1. The van der Waals surface area contributed by atoms with Gasteiger partial charge in [-0.2, -0.15) is 4.98 Å². The maximum atomic E-state index is 12.0. The van der Waals surface area contributed by atoms with Crippen LogP contribution < -0.4 is 16.3 Å². The molecule has 2 aromatic rings. The van der Waals surface area contributed by atoms with Gasteiger partial charge in [0.2, 0.25) is 5.88 Å². The SMILES string of the molecule is CCc1ccc2c(c1)=C(c1sc(N)nc1O)C(=O)N=2. The van der Waals surface area contributed by atoms with Crippen molar-refractivity contribution in [2.45, 2.75) is 13.3 Å². The number of benzene rings is 1. The van der Waals surface area contributed by atoms with Gasteiger partial charge in [0, 0.05) is 5.22 Å². The Bertz CT molecular complexity index is 808. The van der Waals surface area contributed by atoms with Gasteiger partial charge in [-0.25, -0.2) is 4.99 Å². The molecule has 19 heavy (non-hydrogen) atoms. The van der Waals surface area contributed by atoms with Crippen molar-refractivity contribution in [2.24, 2.45) is 4.99 Å². The van der Waals surface area contributed by atoms with E-state index in [0.29, 0.717) is 15.8 Å². The molecule has 1 aliphatic rings. The van der Waals surface area contributed by atoms with Crippen LogP contribution in [0.3, 0.4) is 0 Å². The highest BCUT2D eigenvalue weighted by Gasteiger charge is 2.24. The van der Waals surface area contributed by atoms with Crippen LogP contribution in [0, 0.1) is 0 Å². The summed E-state index contributed by atoms with van der Waals surface area (Å²) in [6.07, 6.45) is 0.867. The molecule has 0 saturated carbocycles. The molecule has 0 unspecified atom stereocenters. The van der Waals surface area contributed by atoms with Crippen LogP contribution in [0.5, 0.6) is 5.88 Å². The highest BCUT2D eigenvalue weighted by molar-refractivity contribution is 7.17. The molecule has 3 rings (SSSR count). The fraction of sp³-hybridized carbons (Fsp3) is 0.154. The number of rotatable bonds is 2. The van der Waals surface area contributed by atoms with E-state index in [1.807, 2.05) is 25.1 Å². The van der Waals surface area contributed by atoms with Crippen molar-refractivity contribution >= 4 is 27.9 Å². The third kappa shape index (κ3) is 1.80. The molecule has 6 heteroatoms. The second kappa shape index (κ2) is 4.17. The molecule has 1 aliphatic heterocycles. The molecule has 2 heterocycles. The normalized spacial score (nSPS) is 13.5. The number of carbonyl (C=O) groups is 1. The van der Waals surface area contributed by atoms with Crippen molar-refractivity contribution in [3.63, 3.8) is 0 Å². The van der Waals surface area contributed by atoms with Crippen molar-refractivity contribution in [3.05, 3.63) is 39.2 Å². The number of aryl methyl sites for hydroxylation is 1. The van der Waals surface area contributed by atoms with Gasteiger partial charge in [0.15, 0.2) is 5.13 Å². The molecule has 1 amide bonds. The highest BCUT2D eigenvalue weighted by atomic mass is 32.1. The lowest BCUT2D eigenvalue weighted by Crippen LogP contribution is -2.23. The fourth-order valence-corrected chi connectivity index (χ4v) is 2.87. The molecular weight excluding hydrogens is 262 g/mol. The lowest BCUT2D eigenvalue weighted by molar-refractivity contribution is -0.112. The first kappa shape index (κ1) is 11.9. The summed E-state index contributed by atoms with van der Waals surface area (Å²) in [5.41, 5.74) is 7.06. The largest absolute Gasteiger partial charge is 0.492 e. The van der Waals surface area contributed by atoms with E-state index in [2.05, 4.69) is 9.98 Å². The van der Waals surface area contributed by atoms with E-state index < -0.39 is 0 Å². The minimum atomic E-state index is -0.359. The van der Waals surface area contributed by atoms with E-state index in [4.69, 9.17) is 5.73 Å². The molecule has 0 radical (unpaired) electrons. The Morgan fingerprint density at radius 3 is 2.84 bits per heavy atom. The lowest BCUT2D eigenvalue weighted by atomic mass is 10.1. The highest BCUT2D eigenvalue weighted by Crippen LogP contribution is 2.32. The van der Waals surface area contributed by atoms with Gasteiger partial charge in [-0.05, 0) is 24.1 Å². The topological polar surface area (TPSA) is 88.6 Å². The zero-order valence-corrected chi connectivity index (χ0v) is 11.0. The summed E-state index contributed by atoms with van der Waals surface area (Å²) >= 11 is 1.09. The first-order valence-electron chi connectivity index (χ1n) is 5.82.